The van der Waals surface area contributed by atoms with Gasteiger partial charge in [0.15, 0.2) is 0 Å². The summed E-state index contributed by atoms with van der Waals surface area (Å²) < 4.78 is 0. The quantitative estimate of drug-likeness (QED) is 0.448. The van der Waals surface area contributed by atoms with E-state index >= 15 is 0 Å². The molecule has 0 saturated carbocycles. The Morgan fingerprint density at radius 2 is 1.33 bits per heavy atom. The number of carbonyl (C=O) groups excluding carboxylic acids is 4. The van der Waals surface area contributed by atoms with Crippen molar-refractivity contribution in [3.63, 3.8) is 0 Å². The third kappa shape index (κ3) is 5.51. The highest BCUT2D eigenvalue weighted by Crippen LogP contribution is 2.23. The molecule has 0 aliphatic carbocycles. The van der Waals surface area contributed by atoms with Crippen molar-refractivity contribution < 1.29 is 19.2 Å². The topological polar surface area (TPSA) is 86.8 Å². The Bertz CT molecular complexity index is 1210. The SMILES string of the molecule is CNC(=O)[C@H](Cc1ccccc1)N(Cc1ccccc1)C(=O)CCCN1C(=O)c2ccccc2C1=O. The first-order chi connectivity index (χ1) is 17.5. The van der Waals surface area contributed by atoms with Gasteiger partial charge in [0.05, 0.1) is 11.1 Å². The number of carbonyl (C=O) groups is 4. The summed E-state index contributed by atoms with van der Waals surface area (Å²) in [6.07, 6.45) is 0.779. The van der Waals surface area contributed by atoms with E-state index in [0.717, 1.165) is 11.1 Å². The van der Waals surface area contributed by atoms with Gasteiger partial charge in [0.1, 0.15) is 6.04 Å². The van der Waals surface area contributed by atoms with Crippen LogP contribution in [-0.2, 0) is 22.6 Å². The van der Waals surface area contributed by atoms with Crippen molar-refractivity contribution >= 4 is 23.6 Å². The Morgan fingerprint density at radius 1 is 0.806 bits per heavy atom. The second kappa shape index (κ2) is 11.4. The van der Waals surface area contributed by atoms with Gasteiger partial charge in [0, 0.05) is 33.0 Å². The van der Waals surface area contributed by atoms with E-state index < -0.39 is 6.04 Å². The van der Waals surface area contributed by atoms with E-state index in [-0.39, 0.29) is 43.1 Å². The third-order valence-electron chi connectivity index (χ3n) is 6.36. The average molecular weight is 484 g/mol. The summed E-state index contributed by atoms with van der Waals surface area (Å²) in [5.41, 5.74) is 2.64. The Hall–Kier alpha value is -4.26. The first-order valence-corrected chi connectivity index (χ1v) is 12.0. The van der Waals surface area contributed by atoms with E-state index in [4.69, 9.17) is 0 Å². The van der Waals surface area contributed by atoms with Crippen LogP contribution in [-0.4, -0.2) is 53.1 Å². The van der Waals surface area contributed by atoms with E-state index in [9.17, 15) is 19.2 Å². The molecule has 7 heteroatoms. The van der Waals surface area contributed by atoms with E-state index in [2.05, 4.69) is 5.32 Å². The van der Waals surface area contributed by atoms with Crippen LogP contribution >= 0.6 is 0 Å². The number of benzene rings is 3. The second-order valence-corrected chi connectivity index (χ2v) is 8.74. The van der Waals surface area contributed by atoms with Crippen molar-refractivity contribution in [3.8, 4) is 0 Å². The maximum atomic E-state index is 13.5. The van der Waals surface area contributed by atoms with Crippen LogP contribution < -0.4 is 5.32 Å². The summed E-state index contributed by atoms with van der Waals surface area (Å²) >= 11 is 0. The van der Waals surface area contributed by atoms with Crippen molar-refractivity contribution in [2.75, 3.05) is 13.6 Å². The van der Waals surface area contributed by atoms with Crippen molar-refractivity contribution in [2.24, 2.45) is 0 Å². The van der Waals surface area contributed by atoms with Crippen LogP contribution in [0.3, 0.4) is 0 Å². The van der Waals surface area contributed by atoms with Gasteiger partial charge in [0.25, 0.3) is 11.8 Å². The molecular formula is C29H29N3O4. The normalized spacial score (nSPS) is 13.3. The fourth-order valence-electron chi connectivity index (χ4n) is 4.47. The predicted octanol–water partition coefficient (Wildman–Crippen LogP) is 3.45. The molecule has 4 rings (SSSR count). The number of amides is 4. The maximum absolute atomic E-state index is 13.5. The molecule has 36 heavy (non-hydrogen) atoms. The van der Waals surface area contributed by atoms with Crippen molar-refractivity contribution in [2.45, 2.75) is 31.8 Å². The highest BCUT2D eigenvalue weighted by Gasteiger charge is 2.35. The number of likely N-dealkylation sites (N-methyl/N-ethyl adjacent to an activating group) is 1. The zero-order valence-electron chi connectivity index (χ0n) is 20.2. The van der Waals surface area contributed by atoms with Crippen LogP contribution in [0.2, 0.25) is 0 Å². The molecule has 4 amide bonds. The lowest BCUT2D eigenvalue weighted by Gasteiger charge is -2.31. The monoisotopic (exact) mass is 483 g/mol. The fourth-order valence-corrected chi connectivity index (χ4v) is 4.47. The zero-order valence-corrected chi connectivity index (χ0v) is 20.2. The molecule has 1 aliphatic heterocycles. The first kappa shape index (κ1) is 24.9. The number of nitrogens with zero attached hydrogens (tertiary/aromatic N) is 2. The molecule has 1 heterocycles. The summed E-state index contributed by atoms with van der Waals surface area (Å²) in [4.78, 5) is 54.6. The second-order valence-electron chi connectivity index (χ2n) is 8.74. The molecule has 0 fully saturated rings. The third-order valence-corrected chi connectivity index (χ3v) is 6.36. The first-order valence-electron chi connectivity index (χ1n) is 12.0. The minimum absolute atomic E-state index is 0.0997. The number of nitrogens with one attached hydrogen (secondary N) is 1. The smallest absolute Gasteiger partial charge is 0.261 e. The fraction of sp³-hybridized carbons (Fsp3) is 0.241. The molecule has 1 N–H and O–H groups in total. The molecule has 184 valence electrons. The van der Waals surface area contributed by atoms with Gasteiger partial charge in [-0.2, -0.15) is 0 Å². The average Bonchev–Trinajstić information content (AvgIpc) is 3.16. The van der Waals surface area contributed by atoms with Crippen molar-refractivity contribution in [1.29, 1.82) is 0 Å². The number of hydrogen-bond acceptors (Lipinski definition) is 4. The number of fused-ring (bicyclic) bond motifs is 1. The van der Waals surface area contributed by atoms with Gasteiger partial charge in [-0.15, -0.1) is 0 Å². The van der Waals surface area contributed by atoms with Gasteiger partial charge >= 0.3 is 0 Å². The van der Waals surface area contributed by atoms with Crippen LogP contribution in [0.1, 0.15) is 44.7 Å². The molecule has 1 atom stereocenters. The molecule has 0 bridgehead atoms. The Balaban J connectivity index is 1.49. The summed E-state index contributed by atoms with van der Waals surface area (Å²) in [6, 6.07) is 25.1. The largest absolute Gasteiger partial charge is 0.357 e. The van der Waals surface area contributed by atoms with E-state index in [1.54, 1.807) is 36.2 Å². The minimum Gasteiger partial charge on any atom is -0.357 e. The van der Waals surface area contributed by atoms with Crippen LogP contribution in [0.25, 0.3) is 0 Å². The molecule has 0 aromatic heterocycles. The molecular weight excluding hydrogens is 454 g/mol. The summed E-state index contributed by atoms with van der Waals surface area (Å²) in [7, 11) is 1.56. The molecule has 3 aromatic carbocycles. The molecule has 3 aromatic rings. The van der Waals surface area contributed by atoms with Gasteiger partial charge in [-0.05, 0) is 29.7 Å². The maximum Gasteiger partial charge on any atom is 0.261 e. The lowest BCUT2D eigenvalue weighted by Crippen LogP contribution is -2.49. The Morgan fingerprint density at radius 3 is 1.89 bits per heavy atom. The molecule has 0 saturated heterocycles. The van der Waals surface area contributed by atoms with Crippen molar-refractivity contribution in [1.82, 2.24) is 15.1 Å². The summed E-state index contributed by atoms with van der Waals surface area (Å²) in [5, 5.41) is 2.70. The number of rotatable bonds is 10. The van der Waals surface area contributed by atoms with Gasteiger partial charge in [-0.1, -0.05) is 72.8 Å². The summed E-state index contributed by atoms with van der Waals surface area (Å²) in [6.45, 7) is 0.415. The van der Waals surface area contributed by atoms with Crippen LogP contribution in [0.5, 0.6) is 0 Å². The Labute approximate surface area is 210 Å². The molecule has 7 nitrogen and oxygen atoms in total. The van der Waals surface area contributed by atoms with Gasteiger partial charge in [-0.25, -0.2) is 0 Å². The lowest BCUT2D eigenvalue weighted by atomic mass is 10.0. The van der Waals surface area contributed by atoms with E-state index in [0.29, 0.717) is 24.0 Å². The van der Waals surface area contributed by atoms with Crippen LogP contribution in [0.4, 0.5) is 0 Å². The lowest BCUT2D eigenvalue weighted by molar-refractivity contribution is -0.141. The molecule has 0 radical (unpaired) electrons. The van der Waals surface area contributed by atoms with Gasteiger partial charge in [-0.3, -0.25) is 24.1 Å². The highest BCUT2D eigenvalue weighted by atomic mass is 16.2. The van der Waals surface area contributed by atoms with Crippen LogP contribution in [0.15, 0.2) is 84.9 Å². The van der Waals surface area contributed by atoms with E-state index in [1.165, 1.54) is 4.90 Å². The number of imide groups is 1. The molecule has 1 aliphatic rings. The standard InChI is InChI=1S/C29H29N3O4/c1-30-27(34)25(19-21-11-4-2-5-12-21)32(20-22-13-6-3-7-14-22)26(33)17-10-18-31-28(35)23-15-8-9-16-24(23)29(31)36/h2-9,11-16,25H,10,17-20H2,1H3,(H,30,34)/t25-/m0/s1. The van der Waals surface area contributed by atoms with Gasteiger partial charge < -0.3 is 10.2 Å². The molecule has 0 unspecified atom stereocenters. The van der Waals surface area contributed by atoms with E-state index in [1.807, 2.05) is 60.7 Å². The Kier molecular flexibility index (Phi) is 7.90. The summed E-state index contributed by atoms with van der Waals surface area (Å²) in [5.74, 6) is -1.13. The number of hydrogen-bond donors (Lipinski definition) is 1. The van der Waals surface area contributed by atoms with Gasteiger partial charge in [0.2, 0.25) is 11.8 Å². The van der Waals surface area contributed by atoms with Crippen molar-refractivity contribution in [3.05, 3.63) is 107 Å². The predicted molar refractivity (Wildman–Crippen MR) is 136 cm³/mol. The van der Waals surface area contributed by atoms with Crippen LogP contribution in [0, 0.1) is 0 Å². The minimum atomic E-state index is -0.704. The zero-order chi connectivity index (χ0) is 25.5. The molecule has 0 spiro atoms. The highest BCUT2D eigenvalue weighted by molar-refractivity contribution is 6.21.